The van der Waals surface area contributed by atoms with Crippen LogP contribution >= 0.6 is 15.9 Å². The number of H-pyrrole nitrogens is 1. The van der Waals surface area contributed by atoms with Crippen molar-refractivity contribution in [1.29, 1.82) is 0 Å². The zero-order valence-corrected chi connectivity index (χ0v) is 9.71. The summed E-state index contributed by atoms with van der Waals surface area (Å²) in [7, 11) is 0. The molecular formula is C13H10BrN. The number of para-hydroxylation sites is 2. The summed E-state index contributed by atoms with van der Waals surface area (Å²) in [5, 5.41) is 3.50. The Morgan fingerprint density at radius 1 is 0.933 bits per heavy atom. The lowest BCUT2D eigenvalue weighted by atomic mass is 10.1. The van der Waals surface area contributed by atoms with Crippen LogP contribution in [0, 0.1) is 0 Å². The molecule has 1 nitrogen and oxygen atoms in total. The zero-order valence-electron chi connectivity index (χ0n) is 8.13. The fourth-order valence-electron chi connectivity index (χ4n) is 2.05. The minimum atomic E-state index is 0.886. The molecule has 0 saturated carbocycles. The van der Waals surface area contributed by atoms with Gasteiger partial charge >= 0.3 is 0 Å². The Labute approximate surface area is 96.2 Å². The van der Waals surface area contributed by atoms with Gasteiger partial charge in [0.15, 0.2) is 0 Å². The highest BCUT2D eigenvalue weighted by atomic mass is 79.9. The lowest BCUT2D eigenvalue weighted by Crippen LogP contribution is -1.78. The Hall–Kier alpha value is -1.28. The van der Waals surface area contributed by atoms with Crippen molar-refractivity contribution < 1.29 is 0 Å². The minimum Gasteiger partial charge on any atom is -0.354 e. The second-order valence-corrected chi connectivity index (χ2v) is 4.20. The van der Waals surface area contributed by atoms with Gasteiger partial charge < -0.3 is 4.98 Å². The molecule has 2 heteroatoms. The third kappa shape index (κ3) is 1.29. The first kappa shape index (κ1) is 8.98. The summed E-state index contributed by atoms with van der Waals surface area (Å²) in [5.41, 5.74) is 3.76. The van der Waals surface area contributed by atoms with Crippen LogP contribution in [0.5, 0.6) is 0 Å². The van der Waals surface area contributed by atoms with E-state index < -0.39 is 0 Å². The maximum Gasteiger partial charge on any atom is 0.0505 e. The Balaban J connectivity index is 2.53. The molecule has 1 aromatic heterocycles. The van der Waals surface area contributed by atoms with Gasteiger partial charge in [0.05, 0.1) is 5.52 Å². The molecule has 15 heavy (non-hydrogen) atoms. The molecule has 3 rings (SSSR count). The second-order valence-electron chi connectivity index (χ2n) is 3.64. The molecule has 1 heterocycles. The van der Waals surface area contributed by atoms with Crippen molar-refractivity contribution in [1.82, 2.24) is 4.98 Å². The SMILES string of the molecule is BrCc1cccc2c1[nH]c1ccccc12. The van der Waals surface area contributed by atoms with Gasteiger partial charge in [-0.05, 0) is 11.6 Å². The Bertz CT molecular complexity index is 625. The Kier molecular flexibility index (Phi) is 2.03. The highest BCUT2D eigenvalue weighted by Gasteiger charge is 2.05. The van der Waals surface area contributed by atoms with Gasteiger partial charge in [-0.25, -0.2) is 0 Å². The summed E-state index contributed by atoms with van der Waals surface area (Å²) < 4.78 is 0. The quantitative estimate of drug-likeness (QED) is 0.630. The van der Waals surface area contributed by atoms with Crippen LogP contribution in [0.1, 0.15) is 5.56 Å². The summed E-state index contributed by atoms with van der Waals surface area (Å²) in [6.07, 6.45) is 0. The van der Waals surface area contributed by atoms with Gasteiger partial charge in [-0.15, -0.1) is 0 Å². The van der Waals surface area contributed by atoms with Crippen LogP contribution in [-0.4, -0.2) is 4.98 Å². The van der Waals surface area contributed by atoms with Crippen molar-refractivity contribution >= 4 is 37.7 Å². The van der Waals surface area contributed by atoms with Gasteiger partial charge in [0.1, 0.15) is 0 Å². The number of aromatic amines is 1. The molecule has 0 fully saturated rings. The van der Waals surface area contributed by atoms with E-state index >= 15 is 0 Å². The molecule has 74 valence electrons. The fraction of sp³-hybridized carbons (Fsp3) is 0.0769. The number of alkyl halides is 1. The molecule has 1 N–H and O–H groups in total. The van der Waals surface area contributed by atoms with Gasteiger partial charge in [0, 0.05) is 21.6 Å². The number of halogens is 1. The number of fused-ring (bicyclic) bond motifs is 3. The van der Waals surface area contributed by atoms with Crippen LogP contribution in [0.15, 0.2) is 42.5 Å². The monoisotopic (exact) mass is 259 g/mol. The molecule has 0 amide bonds. The highest BCUT2D eigenvalue weighted by molar-refractivity contribution is 9.08. The molecule has 0 radical (unpaired) electrons. The van der Waals surface area contributed by atoms with E-state index in [9.17, 15) is 0 Å². The van der Waals surface area contributed by atoms with Gasteiger partial charge in [-0.1, -0.05) is 52.3 Å². The lowest BCUT2D eigenvalue weighted by molar-refractivity contribution is 1.43. The second kappa shape index (κ2) is 3.38. The average molecular weight is 260 g/mol. The van der Waals surface area contributed by atoms with Crippen molar-refractivity contribution in [2.75, 3.05) is 0 Å². The molecule has 0 spiro atoms. The number of hydrogen-bond acceptors (Lipinski definition) is 0. The first-order valence-electron chi connectivity index (χ1n) is 4.94. The van der Waals surface area contributed by atoms with Crippen molar-refractivity contribution in [3.63, 3.8) is 0 Å². The molecule has 0 bridgehead atoms. The molecular weight excluding hydrogens is 250 g/mol. The van der Waals surface area contributed by atoms with E-state index in [2.05, 4.69) is 63.4 Å². The Morgan fingerprint density at radius 2 is 1.73 bits per heavy atom. The summed E-state index contributed by atoms with van der Waals surface area (Å²) >= 11 is 3.52. The average Bonchev–Trinajstić information content (AvgIpc) is 2.67. The molecule has 0 aliphatic heterocycles. The van der Waals surface area contributed by atoms with E-state index in [1.54, 1.807) is 0 Å². The third-order valence-corrected chi connectivity index (χ3v) is 3.38. The van der Waals surface area contributed by atoms with Gasteiger partial charge in [0.2, 0.25) is 0 Å². The lowest BCUT2D eigenvalue weighted by Gasteiger charge is -1.96. The molecule has 0 unspecified atom stereocenters. The smallest absolute Gasteiger partial charge is 0.0505 e. The van der Waals surface area contributed by atoms with Crippen LogP contribution in [0.4, 0.5) is 0 Å². The Morgan fingerprint density at radius 3 is 2.60 bits per heavy atom. The van der Waals surface area contributed by atoms with Crippen molar-refractivity contribution in [2.45, 2.75) is 5.33 Å². The number of nitrogens with one attached hydrogen (secondary N) is 1. The highest BCUT2D eigenvalue weighted by Crippen LogP contribution is 2.28. The standard InChI is InChI=1S/C13H10BrN/c14-8-9-4-3-6-11-10-5-1-2-7-12(10)15-13(9)11/h1-7,15H,8H2. The van der Waals surface area contributed by atoms with Crippen LogP contribution < -0.4 is 0 Å². The molecule has 0 aliphatic carbocycles. The molecule has 0 atom stereocenters. The minimum absolute atomic E-state index is 0.886. The number of rotatable bonds is 1. The largest absolute Gasteiger partial charge is 0.354 e. The third-order valence-electron chi connectivity index (χ3n) is 2.77. The first-order valence-corrected chi connectivity index (χ1v) is 6.06. The van der Waals surface area contributed by atoms with Crippen LogP contribution in [0.3, 0.4) is 0 Å². The molecule has 0 aliphatic rings. The zero-order chi connectivity index (χ0) is 10.3. The molecule has 0 saturated heterocycles. The fourth-order valence-corrected chi connectivity index (χ4v) is 2.51. The molecule has 3 aromatic rings. The van der Waals surface area contributed by atoms with Crippen LogP contribution in [0.25, 0.3) is 21.8 Å². The summed E-state index contributed by atoms with van der Waals surface area (Å²) in [4.78, 5) is 3.47. The summed E-state index contributed by atoms with van der Waals surface area (Å²) in [6, 6.07) is 14.8. The van der Waals surface area contributed by atoms with E-state index in [1.807, 2.05) is 0 Å². The maximum absolute atomic E-state index is 3.52. The van der Waals surface area contributed by atoms with E-state index in [1.165, 1.54) is 27.4 Å². The van der Waals surface area contributed by atoms with Crippen molar-refractivity contribution in [2.24, 2.45) is 0 Å². The van der Waals surface area contributed by atoms with Crippen LogP contribution in [0.2, 0.25) is 0 Å². The van der Waals surface area contributed by atoms with Crippen molar-refractivity contribution in [3.8, 4) is 0 Å². The predicted octanol–water partition coefficient (Wildman–Crippen LogP) is 4.22. The van der Waals surface area contributed by atoms with Gasteiger partial charge in [-0.2, -0.15) is 0 Å². The number of aromatic nitrogens is 1. The van der Waals surface area contributed by atoms with Crippen LogP contribution in [-0.2, 0) is 5.33 Å². The number of benzene rings is 2. The van der Waals surface area contributed by atoms with E-state index in [4.69, 9.17) is 0 Å². The topological polar surface area (TPSA) is 15.8 Å². The first-order chi connectivity index (χ1) is 7.40. The maximum atomic E-state index is 3.52. The molecule has 2 aromatic carbocycles. The normalized spacial score (nSPS) is 11.3. The van der Waals surface area contributed by atoms with Crippen molar-refractivity contribution in [3.05, 3.63) is 48.0 Å². The number of hydrogen-bond donors (Lipinski definition) is 1. The van der Waals surface area contributed by atoms with Gasteiger partial charge in [-0.3, -0.25) is 0 Å². The van der Waals surface area contributed by atoms with E-state index in [0.29, 0.717) is 0 Å². The van der Waals surface area contributed by atoms with E-state index in [-0.39, 0.29) is 0 Å². The summed E-state index contributed by atoms with van der Waals surface area (Å²) in [5.74, 6) is 0. The van der Waals surface area contributed by atoms with E-state index in [0.717, 1.165) is 5.33 Å². The predicted molar refractivity (Wildman–Crippen MR) is 68.4 cm³/mol. The van der Waals surface area contributed by atoms with Gasteiger partial charge in [0.25, 0.3) is 0 Å². The summed E-state index contributed by atoms with van der Waals surface area (Å²) in [6.45, 7) is 0.